The Labute approximate surface area is 199 Å². The SMILES string of the molecule is Cc1ccc(-c2nc(NC(=O)C3CCN(C(=O)C(C)C)CC3)sc2-c2ccc(C)cc2)cc1. The van der Waals surface area contributed by atoms with Gasteiger partial charge < -0.3 is 10.2 Å². The number of aromatic nitrogens is 1. The fourth-order valence-corrected chi connectivity index (χ4v) is 5.11. The molecule has 3 aromatic rings. The lowest BCUT2D eigenvalue weighted by molar-refractivity contribution is -0.137. The molecule has 6 heteroatoms. The number of thiazole rings is 1. The number of carbonyl (C=O) groups is 2. The third kappa shape index (κ3) is 5.33. The van der Waals surface area contributed by atoms with Gasteiger partial charge in [-0.05, 0) is 32.3 Å². The number of nitrogens with one attached hydrogen (secondary N) is 1. The van der Waals surface area contributed by atoms with Gasteiger partial charge in [0.25, 0.3) is 0 Å². The largest absolute Gasteiger partial charge is 0.342 e. The summed E-state index contributed by atoms with van der Waals surface area (Å²) < 4.78 is 0. The van der Waals surface area contributed by atoms with E-state index in [1.165, 1.54) is 22.5 Å². The summed E-state index contributed by atoms with van der Waals surface area (Å²) in [5.41, 5.74) is 5.41. The van der Waals surface area contributed by atoms with Gasteiger partial charge in [-0.2, -0.15) is 0 Å². The van der Waals surface area contributed by atoms with Gasteiger partial charge in [0.15, 0.2) is 5.13 Å². The van der Waals surface area contributed by atoms with E-state index in [4.69, 9.17) is 4.98 Å². The number of hydrogen-bond acceptors (Lipinski definition) is 4. The van der Waals surface area contributed by atoms with E-state index < -0.39 is 0 Å². The van der Waals surface area contributed by atoms with Crippen molar-refractivity contribution in [2.45, 2.75) is 40.5 Å². The molecule has 0 bridgehead atoms. The number of nitrogens with zero attached hydrogens (tertiary/aromatic N) is 2. The van der Waals surface area contributed by atoms with E-state index in [2.05, 4.69) is 67.7 Å². The smallest absolute Gasteiger partial charge is 0.229 e. The molecule has 1 aliphatic heterocycles. The third-order valence-corrected chi connectivity index (χ3v) is 7.19. The van der Waals surface area contributed by atoms with Gasteiger partial charge in [0.2, 0.25) is 11.8 Å². The van der Waals surface area contributed by atoms with E-state index >= 15 is 0 Å². The second kappa shape index (κ2) is 9.87. The summed E-state index contributed by atoms with van der Waals surface area (Å²) in [6.45, 7) is 9.24. The minimum atomic E-state index is -0.101. The Kier molecular flexibility index (Phi) is 6.94. The molecule has 1 saturated heterocycles. The highest BCUT2D eigenvalue weighted by Crippen LogP contribution is 2.39. The first-order chi connectivity index (χ1) is 15.8. The number of amides is 2. The topological polar surface area (TPSA) is 62.3 Å². The standard InChI is InChI=1S/C27H31N3O2S/c1-17(2)26(32)30-15-13-22(14-16-30)25(31)29-27-28-23(20-9-5-18(3)6-10-20)24(33-27)21-11-7-19(4)8-12-21/h5-12,17,22H,13-16H2,1-4H3,(H,28,29,31). The average molecular weight is 462 g/mol. The number of benzene rings is 2. The Bertz CT molecular complexity index is 1060. The van der Waals surface area contributed by atoms with Gasteiger partial charge in [-0.3, -0.25) is 9.59 Å². The van der Waals surface area contributed by atoms with Crippen molar-refractivity contribution in [1.82, 2.24) is 9.88 Å². The molecule has 0 radical (unpaired) electrons. The predicted octanol–water partition coefficient (Wildman–Crippen LogP) is 5.93. The normalized spacial score (nSPS) is 14.5. The van der Waals surface area contributed by atoms with E-state index in [1.54, 1.807) is 0 Å². The van der Waals surface area contributed by atoms with Crippen molar-refractivity contribution in [2.24, 2.45) is 11.8 Å². The maximum atomic E-state index is 13.0. The van der Waals surface area contributed by atoms with Gasteiger partial charge in [0, 0.05) is 30.5 Å². The lowest BCUT2D eigenvalue weighted by Crippen LogP contribution is -2.43. The molecule has 172 valence electrons. The molecule has 2 heterocycles. The zero-order valence-electron chi connectivity index (χ0n) is 19.7. The molecule has 0 aliphatic carbocycles. The van der Waals surface area contributed by atoms with Crippen LogP contribution >= 0.6 is 11.3 Å². The molecule has 1 aromatic heterocycles. The number of carbonyl (C=O) groups excluding carboxylic acids is 2. The van der Waals surface area contributed by atoms with Crippen molar-refractivity contribution in [1.29, 1.82) is 0 Å². The first kappa shape index (κ1) is 23.2. The van der Waals surface area contributed by atoms with Crippen molar-refractivity contribution >= 4 is 28.3 Å². The lowest BCUT2D eigenvalue weighted by Gasteiger charge is -2.32. The average Bonchev–Trinajstić information content (AvgIpc) is 3.23. The zero-order chi connectivity index (χ0) is 23.5. The Morgan fingerprint density at radius 3 is 2.03 bits per heavy atom. The van der Waals surface area contributed by atoms with Crippen molar-refractivity contribution in [3.05, 3.63) is 59.7 Å². The fourth-order valence-electron chi connectivity index (χ4n) is 4.12. The first-order valence-corrected chi connectivity index (χ1v) is 12.4. The highest BCUT2D eigenvalue weighted by atomic mass is 32.1. The van der Waals surface area contributed by atoms with E-state index in [9.17, 15) is 9.59 Å². The molecule has 5 nitrogen and oxygen atoms in total. The van der Waals surface area contributed by atoms with Crippen LogP contribution in [0.15, 0.2) is 48.5 Å². The first-order valence-electron chi connectivity index (χ1n) is 11.6. The quantitative estimate of drug-likeness (QED) is 0.512. The van der Waals surface area contributed by atoms with Crippen LogP contribution in [0.4, 0.5) is 5.13 Å². The second-order valence-corrected chi connectivity index (χ2v) is 10.2. The summed E-state index contributed by atoms with van der Waals surface area (Å²) in [5, 5.41) is 3.68. The minimum Gasteiger partial charge on any atom is -0.342 e. The Hall–Kier alpha value is -2.99. The molecule has 4 rings (SSSR count). The summed E-state index contributed by atoms with van der Waals surface area (Å²) in [5.74, 6) is 0.0485. The number of aryl methyl sites for hydroxylation is 2. The molecule has 1 fully saturated rings. The van der Waals surface area contributed by atoms with Crippen LogP contribution in [0.3, 0.4) is 0 Å². The fraction of sp³-hybridized carbons (Fsp3) is 0.370. The molecule has 1 aliphatic rings. The summed E-state index contributed by atoms with van der Waals surface area (Å²) in [6.07, 6.45) is 1.37. The predicted molar refractivity (Wildman–Crippen MR) is 135 cm³/mol. The number of piperidine rings is 1. The maximum absolute atomic E-state index is 13.0. The number of rotatable bonds is 5. The molecular formula is C27H31N3O2S. The van der Waals surface area contributed by atoms with Gasteiger partial charge in [-0.15, -0.1) is 0 Å². The zero-order valence-corrected chi connectivity index (χ0v) is 20.5. The van der Waals surface area contributed by atoms with E-state index in [0.717, 1.165) is 21.7 Å². The molecule has 0 spiro atoms. The highest BCUT2D eigenvalue weighted by molar-refractivity contribution is 7.19. The number of hydrogen-bond donors (Lipinski definition) is 1. The summed E-state index contributed by atoms with van der Waals surface area (Å²) in [4.78, 5) is 33.0. The van der Waals surface area contributed by atoms with Crippen molar-refractivity contribution in [2.75, 3.05) is 18.4 Å². The van der Waals surface area contributed by atoms with Crippen LogP contribution in [-0.4, -0.2) is 34.8 Å². The second-order valence-electron chi connectivity index (χ2n) is 9.17. The molecule has 33 heavy (non-hydrogen) atoms. The third-order valence-electron chi connectivity index (χ3n) is 6.17. The Morgan fingerprint density at radius 1 is 0.939 bits per heavy atom. The van der Waals surface area contributed by atoms with Crippen LogP contribution in [0.1, 0.15) is 37.8 Å². The van der Waals surface area contributed by atoms with Crippen LogP contribution in [0.2, 0.25) is 0 Å². The molecule has 2 amide bonds. The summed E-state index contributed by atoms with van der Waals surface area (Å²) in [7, 11) is 0. The van der Waals surface area contributed by atoms with Crippen LogP contribution in [0.25, 0.3) is 21.7 Å². The molecule has 2 aromatic carbocycles. The van der Waals surface area contributed by atoms with Crippen LogP contribution < -0.4 is 5.32 Å². The minimum absolute atomic E-state index is 0.00805. The summed E-state index contributed by atoms with van der Waals surface area (Å²) in [6, 6.07) is 16.7. The van der Waals surface area contributed by atoms with E-state index in [0.29, 0.717) is 31.1 Å². The maximum Gasteiger partial charge on any atom is 0.229 e. The Morgan fingerprint density at radius 2 is 1.48 bits per heavy atom. The summed E-state index contributed by atoms with van der Waals surface area (Å²) >= 11 is 1.51. The number of anilines is 1. The number of likely N-dealkylation sites (tertiary alicyclic amines) is 1. The van der Waals surface area contributed by atoms with E-state index in [1.807, 2.05) is 18.7 Å². The lowest BCUT2D eigenvalue weighted by atomic mass is 9.95. The van der Waals surface area contributed by atoms with Crippen molar-refractivity contribution in [3.63, 3.8) is 0 Å². The van der Waals surface area contributed by atoms with Crippen LogP contribution in [-0.2, 0) is 9.59 Å². The van der Waals surface area contributed by atoms with Gasteiger partial charge >= 0.3 is 0 Å². The molecule has 0 atom stereocenters. The molecule has 1 N–H and O–H groups in total. The molecule has 0 saturated carbocycles. The van der Waals surface area contributed by atoms with Crippen molar-refractivity contribution in [3.8, 4) is 21.7 Å². The van der Waals surface area contributed by atoms with Gasteiger partial charge in [0.1, 0.15) is 0 Å². The van der Waals surface area contributed by atoms with E-state index in [-0.39, 0.29) is 23.7 Å². The van der Waals surface area contributed by atoms with Crippen LogP contribution in [0.5, 0.6) is 0 Å². The van der Waals surface area contributed by atoms with Crippen molar-refractivity contribution < 1.29 is 9.59 Å². The Balaban J connectivity index is 1.54. The highest BCUT2D eigenvalue weighted by Gasteiger charge is 2.29. The monoisotopic (exact) mass is 461 g/mol. The van der Waals surface area contributed by atoms with Gasteiger partial charge in [-0.25, -0.2) is 4.98 Å². The molecule has 0 unspecified atom stereocenters. The van der Waals surface area contributed by atoms with Gasteiger partial charge in [0.05, 0.1) is 10.6 Å². The molecular weight excluding hydrogens is 430 g/mol. The van der Waals surface area contributed by atoms with Gasteiger partial charge in [-0.1, -0.05) is 84.8 Å². The van der Waals surface area contributed by atoms with Crippen LogP contribution in [0, 0.1) is 25.7 Å².